The third-order valence-corrected chi connectivity index (χ3v) is 4.48. The van der Waals surface area contributed by atoms with E-state index in [0.717, 1.165) is 11.3 Å². The first-order valence-electron chi connectivity index (χ1n) is 6.71. The van der Waals surface area contributed by atoms with Crippen LogP contribution in [0.5, 0.6) is 11.8 Å². The van der Waals surface area contributed by atoms with Gasteiger partial charge in [0.2, 0.25) is 11.8 Å². The van der Waals surface area contributed by atoms with Gasteiger partial charge in [-0.3, -0.25) is 4.57 Å². The first kappa shape index (κ1) is 10.8. The maximum Gasteiger partial charge on any atom is 0.205 e. The van der Waals surface area contributed by atoms with Crippen molar-refractivity contribution in [3.05, 3.63) is 41.0 Å². The van der Waals surface area contributed by atoms with Crippen molar-refractivity contribution in [1.82, 2.24) is 4.57 Å². The predicted molar refractivity (Wildman–Crippen MR) is 69.1 cm³/mol. The smallest absolute Gasteiger partial charge is 0.205 e. The fraction of sp³-hybridized carbons (Fsp3) is 0.333. The highest BCUT2D eigenvalue weighted by molar-refractivity contribution is 5.59. The van der Waals surface area contributed by atoms with E-state index in [9.17, 15) is 10.2 Å². The summed E-state index contributed by atoms with van der Waals surface area (Å²) >= 11 is 0. The molecule has 20 heavy (non-hydrogen) atoms. The molecule has 3 aliphatic rings. The molecule has 2 fully saturated rings. The molecular weight excluding hydrogens is 258 g/mol. The maximum absolute atomic E-state index is 10.5. The van der Waals surface area contributed by atoms with E-state index in [4.69, 9.17) is 9.47 Å². The maximum atomic E-state index is 10.5. The molecule has 0 aliphatic carbocycles. The van der Waals surface area contributed by atoms with Crippen molar-refractivity contribution in [1.29, 1.82) is 0 Å². The molecule has 2 aromatic rings. The van der Waals surface area contributed by atoms with E-state index in [0.29, 0.717) is 11.1 Å². The summed E-state index contributed by atoms with van der Waals surface area (Å²) in [4.78, 5) is 0. The Kier molecular flexibility index (Phi) is 1.72. The molecule has 2 unspecified atom stereocenters. The van der Waals surface area contributed by atoms with E-state index in [1.165, 1.54) is 4.57 Å². The van der Waals surface area contributed by atoms with Crippen molar-refractivity contribution >= 4 is 0 Å². The highest BCUT2D eigenvalue weighted by atomic mass is 16.7. The van der Waals surface area contributed by atoms with Gasteiger partial charge >= 0.3 is 0 Å². The highest BCUT2D eigenvalue weighted by Crippen LogP contribution is 2.65. The minimum absolute atomic E-state index is 0.0474. The number of aromatic hydroxyl groups is 2. The molecule has 0 radical (unpaired) electrons. The summed E-state index contributed by atoms with van der Waals surface area (Å²) in [6, 6.07) is 7.67. The summed E-state index contributed by atoms with van der Waals surface area (Å²) in [5.74, 6) is 0.120. The fourth-order valence-corrected chi connectivity index (χ4v) is 3.56. The lowest BCUT2D eigenvalue weighted by molar-refractivity contribution is -0.0113. The second-order valence-electron chi connectivity index (χ2n) is 5.69. The van der Waals surface area contributed by atoms with Gasteiger partial charge in [0.15, 0.2) is 0 Å². The third kappa shape index (κ3) is 1.07. The van der Waals surface area contributed by atoms with E-state index < -0.39 is 0 Å². The Bertz CT molecular complexity index is 713. The van der Waals surface area contributed by atoms with Crippen molar-refractivity contribution in [3.8, 4) is 17.4 Å². The van der Waals surface area contributed by atoms with Crippen molar-refractivity contribution in [2.45, 2.75) is 31.3 Å². The van der Waals surface area contributed by atoms with E-state index in [1.54, 1.807) is 0 Å². The van der Waals surface area contributed by atoms with Crippen LogP contribution in [0.1, 0.15) is 28.9 Å². The summed E-state index contributed by atoms with van der Waals surface area (Å²) in [6.07, 6.45) is -0.383. The van der Waals surface area contributed by atoms with Crippen molar-refractivity contribution in [2.24, 2.45) is 0 Å². The molecule has 0 saturated carbocycles. The van der Waals surface area contributed by atoms with Gasteiger partial charge in [0.05, 0.1) is 16.8 Å². The molecule has 2 N–H and O–H groups in total. The van der Waals surface area contributed by atoms with E-state index in [-0.39, 0.29) is 36.2 Å². The summed E-state index contributed by atoms with van der Waals surface area (Å²) in [6.45, 7) is 1.98. The minimum Gasteiger partial charge on any atom is -0.494 e. The Morgan fingerprint density at radius 1 is 1.00 bits per heavy atom. The molecule has 1 aromatic carbocycles. The molecule has 4 atom stereocenters. The van der Waals surface area contributed by atoms with Gasteiger partial charge in [0, 0.05) is 0 Å². The molecule has 0 amide bonds. The minimum atomic E-state index is -0.239. The van der Waals surface area contributed by atoms with Crippen LogP contribution in [0.2, 0.25) is 0 Å². The van der Waals surface area contributed by atoms with Gasteiger partial charge in [-0.05, 0) is 24.6 Å². The molecule has 0 spiro atoms. The Labute approximate surface area is 115 Å². The van der Waals surface area contributed by atoms with E-state index >= 15 is 0 Å². The molecule has 4 heterocycles. The molecule has 102 valence electrons. The lowest BCUT2D eigenvalue weighted by atomic mass is 9.95. The molecule has 2 saturated heterocycles. The zero-order valence-corrected chi connectivity index (χ0v) is 10.8. The van der Waals surface area contributed by atoms with Gasteiger partial charge in [-0.25, -0.2) is 0 Å². The van der Waals surface area contributed by atoms with Gasteiger partial charge < -0.3 is 19.7 Å². The summed E-state index contributed by atoms with van der Waals surface area (Å²) in [5, 5.41) is 21.0. The SMILES string of the molecule is Cc1cccc(-n2c(O)c3c(c2O)C2OC3[C@H]3O[C@@H]23)c1. The van der Waals surface area contributed by atoms with Gasteiger partial charge in [0.1, 0.15) is 24.4 Å². The summed E-state index contributed by atoms with van der Waals surface area (Å²) < 4.78 is 12.8. The average Bonchev–Trinajstić information content (AvgIpc) is 2.93. The number of hydrogen-bond donors (Lipinski definition) is 2. The number of fused-ring (bicyclic) bond motifs is 8. The Morgan fingerprint density at radius 3 is 2.25 bits per heavy atom. The number of hydrogen-bond acceptors (Lipinski definition) is 4. The van der Waals surface area contributed by atoms with E-state index in [1.807, 2.05) is 31.2 Å². The number of epoxide rings is 1. The van der Waals surface area contributed by atoms with Crippen molar-refractivity contribution in [3.63, 3.8) is 0 Å². The van der Waals surface area contributed by atoms with Crippen molar-refractivity contribution < 1.29 is 19.7 Å². The van der Waals surface area contributed by atoms with Crippen LogP contribution in [-0.4, -0.2) is 27.0 Å². The predicted octanol–water partition coefficient (Wildman–Crippen LogP) is 2.09. The number of rotatable bonds is 1. The molecule has 1 aromatic heterocycles. The summed E-state index contributed by atoms with van der Waals surface area (Å²) in [5.41, 5.74) is 3.20. The van der Waals surface area contributed by atoms with E-state index in [2.05, 4.69) is 0 Å². The highest BCUT2D eigenvalue weighted by Gasteiger charge is 2.66. The van der Waals surface area contributed by atoms with Crippen LogP contribution in [0, 0.1) is 6.92 Å². The lowest BCUT2D eigenvalue weighted by Gasteiger charge is -2.12. The Balaban J connectivity index is 1.75. The zero-order valence-electron chi connectivity index (χ0n) is 10.8. The molecule has 5 nitrogen and oxygen atoms in total. The number of aromatic nitrogens is 1. The van der Waals surface area contributed by atoms with Crippen LogP contribution in [0.25, 0.3) is 5.69 Å². The van der Waals surface area contributed by atoms with Crippen LogP contribution in [0.15, 0.2) is 24.3 Å². The Morgan fingerprint density at radius 2 is 1.65 bits per heavy atom. The van der Waals surface area contributed by atoms with Crippen LogP contribution in [-0.2, 0) is 9.47 Å². The zero-order chi connectivity index (χ0) is 13.6. The fourth-order valence-electron chi connectivity index (χ4n) is 3.56. The monoisotopic (exact) mass is 271 g/mol. The second-order valence-corrected chi connectivity index (χ2v) is 5.69. The van der Waals surface area contributed by atoms with Crippen LogP contribution in [0.4, 0.5) is 0 Å². The first-order valence-corrected chi connectivity index (χ1v) is 6.71. The van der Waals surface area contributed by atoms with Gasteiger partial charge in [0.25, 0.3) is 0 Å². The molecular formula is C15H13NO4. The number of ether oxygens (including phenoxy) is 2. The second kappa shape index (κ2) is 3.19. The third-order valence-electron chi connectivity index (χ3n) is 4.48. The molecule has 5 rings (SSSR count). The van der Waals surface area contributed by atoms with Gasteiger partial charge in [-0.15, -0.1) is 0 Å². The first-order chi connectivity index (χ1) is 9.66. The Hall–Kier alpha value is -1.98. The van der Waals surface area contributed by atoms with Gasteiger partial charge in [-0.2, -0.15) is 0 Å². The molecule has 2 bridgehead atoms. The quantitative estimate of drug-likeness (QED) is 0.779. The normalized spacial score (nSPS) is 32.2. The standard InChI is InChI=1S/C15H13NO4/c1-6-3-2-4-7(5-6)16-14(17)8-9(15(16)18)11-13-12(20-13)10(8)19-11/h2-5,10-13,17-18H,1H3/t10?,11?,12-,13+. The molecule has 3 aliphatic heterocycles. The molecule has 5 heteroatoms. The number of nitrogens with zero attached hydrogens (tertiary/aromatic N) is 1. The average molecular weight is 271 g/mol. The van der Waals surface area contributed by atoms with Gasteiger partial charge in [-0.1, -0.05) is 12.1 Å². The number of aryl methyl sites for hydroxylation is 1. The van der Waals surface area contributed by atoms with Crippen molar-refractivity contribution in [2.75, 3.05) is 0 Å². The summed E-state index contributed by atoms with van der Waals surface area (Å²) in [7, 11) is 0. The topological polar surface area (TPSA) is 67.2 Å². The van der Waals surface area contributed by atoms with Crippen LogP contribution < -0.4 is 0 Å². The lowest BCUT2D eigenvalue weighted by Crippen LogP contribution is -2.04. The van der Waals surface area contributed by atoms with Crippen LogP contribution >= 0.6 is 0 Å². The largest absolute Gasteiger partial charge is 0.494 e. The van der Waals surface area contributed by atoms with Crippen LogP contribution in [0.3, 0.4) is 0 Å². The number of benzene rings is 1.